The molecule has 2 atom stereocenters. The molecular formula is C22H34N2O6. The molecular weight excluding hydrogens is 388 g/mol. The van der Waals surface area contributed by atoms with Crippen LogP contribution in [0.5, 0.6) is 0 Å². The molecule has 0 heterocycles. The Morgan fingerprint density at radius 1 is 0.967 bits per heavy atom. The summed E-state index contributed by atoms with van der Waals surface area (Å²) in [7, 11) is 1.26. The molecule has 0 fully saturated rings. The van der Waals surface area contributed by atoms with E-state index in [4.69, 9.17) is 9.47 Å². The first kappa shape index (κ1) is 25.4. The van der Waals surface area contributed by atoms with Gasteiger partial charge in [0.15, 0.2) is 0 Å². The van der Waals surface area contributed by atoms with Gasteiger partial charge in [-0.05, 0) is 12.0 Å². The normalized spacial score (nSPS) is 12.5. The average Bonchev–Trinajstić information content (AvgIpc) is 2.77. The number of rotatable bonds is 14. The summed E-state index contributed by atoms with van der Waals surface area (Å²) in [5, 5.41) is 14.4. The van der Waals surface area contributed by atoms with Gasteiger partial charge in [-0.1, -0.05) is 75.8 Å². The fourth-order valence-electron chi connectivity index (χ4n) is 2.89. The summed E-state index contributed by atoms with van der Waals surface area (Å²) in [5.41, 5.74) is 0.794. The second kappa shape index (κ2) is 15.3. The molecule has 2 amide bonds. The monoisotopic (exact) mass is 422 g/mol. The second-order valence-corrected chi connectivity index (χ2v) is 7.08. The lowest BCUT2D eigenvalue weighted by molar-refractivity contribution is -0.145. The van der Waals surface area contributed by atoms with Crippen molar-refractivity contribution >= 4 is 18.0 Å². The van der Waals surface area contributed by atoms with Crippen LogP contribution in [0.1, 0.15) is 57.4 Å². The number of esters is 1. The SMILES string of the molecule is CCCCCCCC[C@@H](NC(=O)[C@H](CO)NC(=O)OCc1ccccc1)C(=O)OC. The van der Waals surface area contributed by atoms with Gasteiger partial charge in [0, 0.05) is 0 Å². The molecule has 0 aliphatic heterocycles. The van der Waals surface area contributed by atoms with Crippen LogP contribution >= 0.6 is 0 Å². The number of amides is 2. The van der Waals surface area contributed by atoms with E-state index in [2.05, 4.69) is 17.6 Å². The zero-order chi connectivity index (χ0) is 22.2. The lowest BCUT2D eigenvalue weighted by Gasteiger charge is -2.21. The van der Waals surface area contributed by atoms with Gasteiger partial charge in [-0.3, -0.25) is 4.79 Å². The third kappa shape index (κ3) is 10.2. The van der Waals surface area contributed by atoms with Crippen LogP contribution in [0.3, 0.4) is 0 Å². The molecule has 0 aliphatic carbocycles. The van der Waals surface area contributed by atoms with E-state index in [1.165, 1.54) is 13.5 Å². The first-order valence-electron chi connectivity index (χ1n) is 10.5. The van der Waals surface area contributed by atoms with E-state index in [-0.39, 0.29) is 6.61 Å². The Balaban J connectivity index is 2.49. The molecule has 1 aromatic carbocycles. The zero-order valence-corrected chi connectivity index (χ0v) is 17.9. The van der Waals surface area contributed by atoms with Gasteiger partial charge in [0.25, 0.3) is 0 Å². The highest BCUT2D eigenvalue weighted by Crippen LogP contribution is 2.10. The summed E-state index contributed by atoms with van der Waals surface area (Å²) in [5.74, 6) is -1.23. The van der Waals surface area contributed by atoms with Crippen molar-refractivity contribution in [2.75, 3.05) is 13.7 Å². The summed E-state index contributed by atoms with van der Waals surface area (Å²) >= 11 is 0. The summed E-state index contributed by atoms with van der Waals surface area (Å²) in [4.78, 5) is 36.4. The molecule has 0 aliphatic rings. The fourth-order valence-corrected chi connectivity index (χ4v) is 2.89. The maximum atomic E-state index is 12.4. The number of hydrogen-bond donors (Lipinski definition) is 3. The first-order chi connectivity index (χ1) is 14.5. The predicted octanol–water partition coefficient (Wildman–Crippen LogP) is 2.68. The van der Waals surface area contributed by atoms with Crippen molar-refractivity contribution in [3.63, 3.8) is 0 Å². The molecule has 8 nitrogen and oxygen atoms in total. The van der Waals surface area contributed by atoms with Crippen molar-refractivity contribution in [3.8, 4) is 0 Å². The minimum Gasteiger partial charge on any atom is -0.467 e. The average molecular weight is 423 g/mol. The van der Waals surface area contributed by atoms with Crippen molar-refractivity contribution in [2.24, 2.45) is 0 Å². The maximum absolute atomic E-state index is 12.4. The summed E-state index contributed by atoms with van der Waals surface area (Å²) in [6, 6.07) is 7.02. The van der Waals surface area contributed by atoms with Gasteiger partial charge in [-0.2, -0.15) is 0 Å². The highest BCUT2D eigenvalue weighted by molar-refractivity contribution is 5.89. The van der Waals surface area contributed by atoms with Crippen LogP contribution in [0, 0.1) is 0 Å². The molecule has 3 N–H and O–H groups in total. The third-order valence-corrected chi connectivity index (χ3v) is 4.65. The number of aliphatic hydroxyl groups is 1. The van der Waals surface area contributed by atoms with Gasteiger partial charge in [0.1, 0.15) is 18.7 Å². The Hall–Kier alpha value is -2.61. The molecule has 0 spiro atoms. The zero-order valence-electron chi connectivity index (χ0n) is 17.9. The van der Waals surface area contributed by atoms with Crippen molar-refractivity contribution in [1.82, 2.24) is 10.6 Å². The first-order valence-corrected chi connectivity index (χ1v) is 10.5. The molecule has 0 bridgehead atoms. The Kier molecular flexibility index (Phi) is 12.9. The van der Waals surface area contributed by atoms with Crippen LogP contribution in [0.2, 0.25) is 0 Å². The number of hydrogen-bond acceptors (Lipinski definition) is 6. The lowest BCUT2D eigenvalue weighted by atomic mass is 10.1. The molecule has 0 saturated carbocycles. The number of nitrogens with one attached hydrogen (secondary N) is 2. The van der Waals surface area contributed by atoms with Gasteiger partial charge in [0.05, 0.1) is 13.7 Å². The number of unbranched alkanes of at least 4 members (excludes halogenated alkanes) is 5. The smallest absolute Gasteiger partial charge is 0.408 e. The molecule has 8 heteroatoms. The standard InChI is InChI=1S/C22H34N2O6/c1-3-4-5-6-7-11-14-18(21(27)29-2)23-20(26)19(15-25)24-22(28)30-16-17-12-9-8-10-13-17/h8-10,12-13,18-19,25H,3-7,11,14-16H2,1-2H3,(H,23,26)(H,24,28)/t18-,19+/m1/s1. The van der Waals surface area contributed by atoms with Crippen LogP contribution in [0.15, 0.2) is 30.3 Å². The Morgan fingerprint density at radius 3 is 2.27 bits per heavy atom. The summed E-state index contributed by atoms with van der Waals surface area (Å²) < 4.78 is 9.83. The van der Waals surface area contributed by atoms with Crippen LogP contribution in [-0.2, 0) is 25.7 Å². The second-order valence-electron chi connectivity index (χ2n) is 7.08. The molecule has 1 rings (SSSR count). The van der Waals surface area contributed by atoms with Crippen molar-refractivity contribution in [3.05, 3.63) is 35.9 Å². The quantitative estimate of drug-likeness (QED) is 0.314. The van der Waals surface area contributed by atoms with E-state index < -0.39 is 36.7 Å². The van der Waals surface area contributed by atoms with Crippen LogP contribution in [-0.4, -0.2) is 48.9 Å². The van der Waals surface area contributed by atoms with E-state index in [9.17, 15) is 19.5 Å². The molecule has 30 heavy (non-hydrogen) atoms. The number of alkyl carbamates (subject to hydrolysis) is 1. The van der Waals surface area contributed by atoms with E-state index in [1.807, 2.05) is 18.2 Å². The van der Waals surface area contributed by atoms with E-state index in [0.717, 1.165) is 37.7 Å². The van der Waals surface area contributed by atoms with Crippen LogP contribution in [0.25, 0.3) is 0 Å². The van der Waals surface area contributed by atoms with Gasteiger partial charge in [-0.15, -0.1) is 0 Å². The number of methoxy groups -OCH3 is 1. The van der Waals surface area contributed by atoms with Gasteiger partial charge in [0.2, 0.25) is 5.91 Å². The molecule has 0 saturated heterocycles. The Morgan fingerprint density at radius 2 is 1.63 bits per heavy atom. The van der Waals surface area contributed by atoms with Gasteiger partial charge in [-0.25, -0.2) is 9.59 Å². The fraction of sp³-hybridized carbons (Fsp3) is 0.591. The highest BCUT2D eigenvalue weighted by Gasteiger charge is 2.27. The van der Waals surface area contributed by atoms with E-state index >= 15 is 0 Å². The van der Waals surface area contributed by atoms with Crippen molar-refractivity contribution in [1.29, 1.82) is 0 Å². The third-order valence-electron chi connectivity index (χ3n) is 4.65. The van der Waals surface area contributed by atoms with E-state index in [1.54, 1.807) is 12.1 Å². The molecule has 0 aromatic heterocycles. The maximum Gasteiger partial charge on any atom is 0.408 e. The minimum absolute atomic E-state index is 0.0370. The number of carbonyl (C=O) groups is 3. The van der Waals surface area contributed by atoms with Crippen LogP contribution < -0.4 is 10.6 Å². The lowest BCUT2D eigenvalue weighted by Crippen LogP contribution is -2.53. The topological polar surface area (TPSA) is 114 Å². The van der Waals surface area contributed by atoms with E-state index in [0.29, 0.717) is 6.42 Å². The summed E-state index contributed by atoms with van der Waals surface area (Å²) in [6.07, 6.45) is 5.87. The van der Waals surface area contributed by atoms with Gasteiger partial charge < -0.3 is 25.2 Å². The number of ether oxygens (including phenoxy) is 2. The molecule has 0 radical (unpaired) electrons. The van der Waals surface area contributed by atoms with Gasteiger partial charge >= 0.3 is 12.1 Å². The number of benzene rings is 1. The van der Waals surface area contributed by atoms with Crippen molar-refractivity contribution in [2.45, 2.75) is 70.6 Å². The van der Waals surface area contributed by atoms with Crippen molar-refractivity contribution < 1.29 is 29.0 Å². The predicted molar refractivity (Wildman–Crippen MR) is 113 cm³/mol. The Labute approximate surface area is 178 Å². The molecule has 0 unspecified atom stereocenters. The molecule has 168 valence electrons. The number of aliphatic hydroxyl groups excluding tert-OH is 1. The molecule has 1 aromatic rings. The highest BCUT2D eigenvalue weighted by atomic mass is 16.5. The minimum atomic E-state index is -1.23. The summed E-state index contributed by atoms with van der Waals surface area (Å²) in [6.45, 7) is 1.55. The Bertz CT molecular complexity index is 638. The largest absolute Gasteiger partial charge is 0.467 e. The number of carbonyl (C=O) groups excluding carboxylic acids is 3. The van der Waals surface area contributed by atoms with Crippen LogP contribution in [0.4, 0.5) is 4.79 Å².